The molecule has 2 aromatic carbocycles. The molecule has 0 saturated carbocycles. The molecule has 0 spiro atoms. The third kappa shape index (κ3) is 3.83. The number of nitrogens with one attached hydrogen (secondary N) is 1. The van der Waals surface area contributed by atoms with Gasteiger partial charge in [0, 0.05) is 12.1 Å². The molecule has 0 radical (unpaired) electrons. The van der Waals surface area contributed by atoms with Crippen LogP contribution >= 0.6 is 0 Å². The summed E-state index contributed by atoms with van der Waals surface area (Å²) in [6, 6.07) is 9.54. The zero-order valence-electron chi connectivity index (χ0n) is 13.3. The average molecular weight is 350 g/mol. The standard InChI is InChI=1S/C16H18N2O5S/c1-3-11(2)12-4-7-14(8-5-12)24(22,23)17-15-10-13(18(20)21)6-9-16(15)19/h4-11,17,19H,3H2,1-2H3. The molecule has 24 heavy (non-hydrogen) atoms. The van der Waals surface area contributed by atoms with Crippen molar-refractivity contribution in [3.05, 3.63) is 58.1 Å². The lowest BCUT2D eigenvalue weighted by Gasteiger charge is -2.12. The number of nitrogens with zero attached hydrogens (tertiary/aromatic N) is 1. The minimum absolute atomic E-state index is 0.0143. The van der Waals surface area contributed by atoms with E-state index in [1.165, 1.54) is 12.1 Å². The summed E-state index contributed by atoms with van der Waals surface area (Å²) in [6.07, 6.45) is 0.936. The second kappa shape index (κ2) is 6.88. The Morgan fingerprint density at radius 2 is 1.83 bits per heavy atom. The van der Waals surface area contributed by atoms with Gasteiger partial charge >= 0.3 is 0 Å². The van der Waals surface area contributed by atoms with Crippen LogP contribution in [-0.2, 0) is 10.0 Å². The predicted octanol–water partition coefficient (Wildman–Crippen LogP) is 3.61. The molecule has 128 valence electrons. The SMILES string of the molecule is CCC(C)c1ccc(S(=O)(=O)Nc2cc([N+](=O)[O-])ccc2O)cc1. The van der Waals surface area contributed by atoms with Gasteiger partial charge in [-0.05, 0) is 36.1 Å². The van der Waals surface area contributed by atoms with Gasteiger partial charge in [-0.2, -0.15) is 0 Å². The number of phenolic OH excluding ortho intramolecular Hbond substituents is 1. The Morgan fingerprint density at radius 1 is 1.21 bits per heavy atom. The molecule has 2 aromatic rings. The van der Waals surface area contributed by atoms with Crippen LogP contribution in [0.2, 0.25) is 0 Å². The predicted molar refractivity (Wildman–Crippen MR) is 90.7 cm³/mol. The average Bonchev–Trinajstić information content (AvgIpc) is 2.55. The maximum Gasteiger partial charge on any atom is 0.271 e. The fraction of sp³-hybridized carbons (Fsp3) is 0.250. The summed E-state index contributed by atoms with van der Waals surface area (Å²) in [6.45, 7) is 4.09. The largest absolute Gasteiger partial charge is 0.506 e. The van der Waals surface area contributed by atoms with Gasteiger partial charge in [0.25, 0.3) is 15.7 Å². The summed E-state index contributed by atoms with van der Waals surface area (Å²) >= 11 is 0. The van der Waals surface area contributed by atoms with E-state index in [2.05, 4.69) is 4.72 Å². The molecule has 1 atom stereocenters. The number of phenols is 1. The van der Waals surface area contributed by atoms with Crippen LogP contribution in [-0.4, -0.2) is 18.4 Å². The van der Waals surface area contributed by atoms with Gasteiger partial charge < -0.3 is 5.11 Å². The highest BCUT2D eigenvalue weighted by atomic mass is 32.2. The number of hydrogen-bond acceptors (Lipinski definition) is 5. The Bertz CT molecular complexity index is 847. The smallest absolute Gasteiger partial charge is 0.271 e. The molecule has 0 aromatic heterocycles. The van der Waals surface area contributed by atoms with Crippen LogP contribution in [0.5, 0.6) is 5.75 Å². The molecule has 0 bridgehead atoms. The van der Waals surface area contributed by atoms with Crippen LogP contribution < -0.4 is 4.72 Å². The number of non-ortho nitro benzene ring substituents is 1. The van der Waals surface area contributed by atoms with Crippen LogP contribution in [0.1, 0.15) is 31.7 Å². The van der Waals surface area contributed by atoms with Gasteiger partial charge in [-0.1, -0.05) is 26.0 Å². The van der Waals surface area contributed by atoms with Crippen LogP contribution in [0.25, 0.3) is 0 Å². The number of benzene rings is 2. The summed E-state index contributed by atoms with van der Waals surface area (Å²) in [5, 5.41) is 20.5. The van der Waals surface area contributed by atoms with Crippen molar-refractivity contribution in [2.75, 3.05) is 4.72 Å². The number of nitro groups is 1. The first kappa shape index (κ1) is 17.7. The highest BCUT2D eigenvalue weighted by molar-refractivity contribution is 7.92. The number of anilines is 1. The minimum Gasteiger partial charge on any atom is -0.506 e. The van der Waals surface area contributed by atoms with Crippen molar-refractivity contribution < 1.29 is 18.4 Å². The monoisotopic (exact) mass is 350 g/mol. The summed E-state index contributed by atoms with van der Waals surface area (Å²) in [5.41, 5.74) is 0.461. The normalized spacial score (nSPS) is 12.6. The highest BCUT2D eigenvalue weighted by Gasteiger charge is 2.19. The van der Waals surface area contributed by atoms with Crippen molar-refractivity contribution in [1.29, 1.82) is 0 Å². The lowest BCUT2D eigenvalue weighted by atomic mass is 9.99. The van der Waals surface area contributed by atoms with E-state index < -0.39 is 14.9 Å². The van der Waals surface area contributed by atoms with E-state index in [-0.39, 0.29) is 22.0 Å². The number of rotatable bonds is 6. The lowest BCUT2D eigenvalue weighted by Crippen LogP contribution is -2.13. The summed E-state index contributed by atoms with van der Waals surface area (Å²) in [4.78, 5) is 10.1. The van der Waals surface area contributed by atoms with Crippen molar-refractivity contribution in [3.8, 4) is 5.75 Å². The van der Waals surface area contributed by atoms with Gasteiger partial charge in [0.05, 0.1) is 15.5 Å². The molecular formula is C16H18N2O5S. The zero-order chi connectivity index (χ0) is 17.9. The van der Waals surface area contributed by atoms with E-state index in [1.54, 1.807) is 12.1 Å². The van der Waals surface area contributed by atoms with Crippen molar-refractivity contribution in [1.82, 2.24) is 0 Å². The molecule has 7 nitrogen and oxygen atoms in total. The molecule has 0 saturated heterocycles. The molecule has 0 heterocycles. The molecule has 0 amide bonds. The third-order valence-electron chi connectivity index (χ3n) is 3.81. The lowest BCUT2D eigenvalue weighted by molar-refractivity contribution is -0.384. The fourth-order valence-corrected chi connectivity index (χ4v) is 3.20. The van der Waals surface area contributed by atoms with Crippen molar-refractivity contribution in [2.24, 2.45) is 0 Å². The van der Waals surface area contributed by atoms with E-state index in [9.17, 15) is 23.6 Å². The van der Waals surface area contributed by atoms with Crippen LogP contribution in [0.15, 0.2) is 47.4 Å². The Hall–Kier alpha value is -2.61. The number of nitro benzene ring substituents is 1. The molecule has 1 unspecified atom stereocenters. The van der Waals surface area contributed by atoms with E-state index in [4.69, 9.17) is 0 Å². The Balaban J connectivity index is 2.32. The first-order valence-corrected chi connectivity index (χ1v) is 8.83. The first-order valence-electron chi connectivity index (χ1n) is 7.34. The maximum absolute atomic E-state index is 12.4. The Kier molecular flexibility index (Phi) is 5.08. The van der Waals surface area contributed by atoms with Gasteiger partial charge in [0.1, 0.15) is 5.75 Å². The molecule has 0 aliphatic carbocycles. The third-order valence-corrected chi connectivity index (χ3v) is 5.19. The maximum atomic E-state index is 12.4. The zero-order valence-corrected chi connectivity index (χ0v) is 14.1. The van der Waals surface area contributed by atoms with E-state index in [1.807, 2.05) is 13.8 Å². The molecule has 0 aliphatic rings. The quantitative estimate of drug-likeness (QED) is 0.470. The van der Waals surface area contributed by atoms with Gasteiger partial charge in [-0.25, -0.2) is 8.42 Å². The van der Waals surface area contributed by atoms with Gasteiger partial charge in [0.2, 0.25) is 0 Å². The summed E-state index contributed by atoms with van der Waals surface area (Å²) < 4.78 is 27.0. The number of sulfonamides is 1. The van der Waals surface area contributed by atoms with Gasteiger partial charge in [-0.15, -0.1) is 0 Å². The first-order chi connectivity index (χ1) is 11.2. The number of hydrogen-bond donors (Lipinski definition) is 2. The molecular weight excluding hydrogens is 332 g/mol. The van der Waals surface area contributed by atoms with Gasteiger partial charge in [-0.3, -0.25) is 14.8 Å². The Morgan fingerprint density at radius 3 is 2.38 bits per heavy atom. The van der Waals surface area contributed by atoms with Gasteiger partial charge in [0.15, 0.2) is 0 Å². The highest BCUT2D eigenvalue weighted by Crippen LogP contribution is 2.30. The van der Waals surface area contributed by atoms with E-state index >= 15 is 0 Å². The molecule has 0 aliphatic heterocycles. The topological polar surface area (TPSA) is 110 Å². The molecule has 8 heteroatoms. The molecule has 2 rings (SSSR count). The van der Waals surface area contributed by atoms with Crippen molar-refractivity contribution in [2.45, 2.75) is 31.1 Å². The van der Waals surface area contributed by atoms with Crippen molar-refractivity contribution >= 4 is 21.4 Å². The second-order valence-electron chi connectivity index (χ2n) is 5.44. The fourth-order valence-electron chi connectivity index (χ4n) is 2.13. The Labute approximate surface area is 140 Å². The summed E-state index contributed by atoms with van der Waals surface area (Å²) in [7, 11) is -3.96. The second-order valence-corrected chi connectivity index (χ2v) is 7.12. The van der Waals surface area contributed by atoms with Crippen LogP contribution in [0.3, 0.4) is 0 Å². The minimum atomic E-state index is -3.96. The van der Waals surface area contributed by atoms with Crippen LogP contribution in [0.4, 0.5) is 11.4 Å². The van der Waals surface area contributed by atoms with Crippen LogP contribution in [0, 0.1) is 10.1 Å². The summed E-state index contributed by atoms with van der Waals surface area (Å²) in [5.74, 6) is -0.0732. The van der Waals surface area contributed by atoms with Crippen molar-refractivity contribution in [3.63, 3.8) is 0 Å². The van der Waals surface area contributed by atoms with E-state index in [0.717, 1.165) is 30.2 Å². The van der Waals surface area contributed by atoms with E-state index in [0.29, 0.717) is 5.92 Å². The number of aromatic hydroxyl groups is 1. The molecule has 0 fully saturated rings. The molecule has 2 N–H and O–H groups in total.